The first-order chi connectivity index (χ1) is 6.43. The minimum Gasteiger partial charge on any atom is -0.405 e. The van der Waals surface area contributed by atoms with Crippen LogP contribution in [0.1, 0.15) is 0 Å². The van der Waals surface area contributed by atoms with Crippen molar-refractivity contribution in [3.63, 3.8) is 0 Å². The first-order valence-electron chi connectivity index (χ1n) is 4.06. The maximum absolute atomic E-state index is 5.15. The smallest absolute Gasteiger partial charge is 0.0629 e. The van der Waals surface area contributed by atoms with Gasteiger partial charge in [-0.3, -0.25) is 4.99 Å². The Morgan fingerprint density at radius 3 is 2.46 bits per heavy atom. The summed E-state index contributed by atoms with van der Waals surface area (Å²) >= 11 is 0. The lowest BCUT2D eigenvalue weighted by Crippen LogP contribution is -1.72. The second kappa shape index (κ2) is 5.77. The van der Waals surface area contributed by atoms with Gasteiger partial charge in [0, 0.05) is 6.21 Å². The Balaban J connectivity index is 2.50. The molecule has 2 heteroatoms. The van der Waals surface area contributed by atoms with Crippen LogP contribution in [0.3, 0.4) is 0 Å². The van der Waals surface area contributed by atoms with E-state index in [0.717, 1.165) is 5.69 Å². The third-order valence-electron chi connectivity index (χ3n) is 1.40. The van der Waals surface area contributed by atoms with E-state index in [1.165, 1.54) is 6.20 Å². The molecular weight excluding hydrogens is 160 g/mol. The number of para-hydroxylation sites is 1. The van der Waals surface area contributed by atoms with Crippen molar-refractivity contribution >= 4 is 11.9 Å². The van der Waals surface area contributed by atoms with Crippen molar-refractivity contribution in [1.29, 1.82) is 0 Å². The Morgan fingerprint density at radius 2 is 1.77 bits per heavy atom. The highest BCUT2D eigenvalue weighted by molar-refractivity contribution is 5.74. The normalized spacial score (nSPS) is 12.0. The molecule has 2 nitrogen and oxygen atoms in total. The third-order valence-corrected chi connectivity index (χ3v) is 1.40. The van der Waals surface area contributed by atoms with E-state index in [2.05, 4.69) is 4.99 Å². The molecule has 0 heterocycles. The number of rotatable bonds is 3. The molecule has 13 heavy (non-hydrogen) atoms. The molecule has 0 aliphatic carbocycles. The van der Waals surface area contributed by atoms with E-state index < -0.39 is 0 Å². The number of hydrogen-bond acceptors (Lipinski definition) is 2. The minimum absolute atomic E-state index is 0.948. The summed E-state index contributed by atoms with van der Waals surface area (Å²) in [6.07, 6.45) is 8.61. The SMILES string of the molecule is N/C=C/C=C/C=Nc1ccccc1. The Labute approximate surface area is 78.1 Å². The average Bonchev–Trinajstić information content (AvgIpc) is 2.19. The van der Waals surface area contributed by atoms with E-state index in [9.17, 15) is 0 Å². The maximum atomic E-state index is 5.15. The Kier molecular flexibility index (Phi) is 4.11. The number of nitrogens with two attached hydrogens (primary N) is 1. The summed E-state index contributed by atoms with van der Waals surface area (Å²) in [5.41, 5.74) is 6.09. The predicted molar refractivity (Wildman–Crippen MR) is 57.1 cm³/mol. The molecule has 0 aliphatic heterocycles. The van der Waals surface area contributed by atoms with Crippen LogP contribution in [0.4, 0.5) is 5.69 Å². The summed E-state index contributed by atoms with van der Waals surface area (Å²) < 4.78 is 0. The van der Waals surface area contributed by atoms with Crippen LogP contribution in [-0.2, 0) is 0 Å². The number of hydrogen-bond donors (Lipinski definition) is 1. The second-order valence-electron chi connectivity index (χ2n) is 2.38. The fourth-order valence-corrected chi connectivity index (χ4v) is 0.821. The van der Waals surface area contributed by atoms with Gasteiger partial charge >= 0.3 is 0 Å². The van der Waals surface area contributed by atoms with E-state index >= 15 is 0 Å². The molecule has 0 atom stereocenters. The maximum Gasteiger partial charge on any atom is 0.0629 e. The van der Waals surface area contributed by atoms with Gasteiger partial charge in [0.05, 0.1) is 5.69 Å². The molecule has 0 spiro atoms. The van der Waals surface area contributed by atoms with Crippen LogP contribution < -0.4 is 5.73 Å². The van der Waals surface area contributed by atoms with Crippen LogP contribution in [-0.4, -0.2) is 6.21 Å². The van der Waals surface area contributed by atoms with Crippen LogP contribution in [0.2, 0.25) is 0 Å². The van der Waals surface area contributed by atoms with Gasteiger partial charge in [0.2, 0.25) is 0 Å². The molecule has 2 N–H and O–H groups in total. The first-order valence-corrected chi connectivity index (χ1v) is 4.06. The van der Waals surface area contributed by atoms with Crippen molar-refractivity contribution < 1.29 is 0 Å². The number of aliphatic imine (C=N–C) groups is 1. The molecule has 0 saturated heterocycles. The van der Waals surface area contributed by atoms with Gasteiger partial charge in [0.15, 0.2) is 0 Å². The lowest BCUT2D eigenvalue weighted by Gasteiger charge is -1.87. The van der Waals surface area contributed by atoms with Gasteiger partial charge in [0.1, 0.15) is 0 Å². The average molecular weight is 172 g/mol. The van der Waals surface area contributed by atoms with Crippen LogP contribution in [0, 0.1) is 0 Å². The minimum atomic E-state index is 0.948. The third kappa shape index (κ3) is 3.91. The molecule has 1 aromatic rings. The zero-order chi connectivity index (χ0) is 9.36. The lowest BCUT2D eigenvalue weighted by molar-refractivity contribution is 1.54. The molecule has 0 fully saturated rings. The number of benzene rings is 1. The van der Waals surface area contributed by atoms with Gasteiger partial charge in [-0.25, -0.2) is 0 Å². The van der Waals surface area contributed by atoms with Crippen molar-refractivity contribution in [3.8, 4) is 0 Å². The molecule has 0 radical (unpaired) electrons. The van der Waals surface area contributed by atoms with Crippen molar-refractivity contribution in [2.45, 2.75) is 0 Å². The molecule has 0 bridgehead atoms. The molecule has 0 amide bonds. The summed E-state index contributed by atoms with van der Waals surface area (Å²) in [7, 11) is 0. The van der Waals surface area contributed by atoms with Crippen molar-refractivity contribution in [2.75, 3.05) is 0 Å². The standard InChI is InChI=1S/C11H12N2/c12-9-5-2-6-10-13-11-7-3-1-4-8-11/h1-10H,12H2/b6-2+,9-5+,13-10?. The van der Waals surface area contributed by atoms with Crippen LogP contribution in [0.25, 0.3) is 0 Å². The Hall–Kier alpha value is -1.83. The zero-order valence-electron chi connectivity index (χ0n) is 7.30. The first kappa shape index (κ1) is 9.26. The molecular formula is C11H12N2. The van der Waals surface area contributed by atoms with Gasteiger partial charge in [0.25, 0.3) is 0 Å². The molecule has 0 saturated carbocycles. The molecule has 66 valence electrons. The summed E-state index contributed by atoms with van der Waals surface area (Å²) in [6, 6.07) is 9.77. The summed E-state index contributed by atoms with van der Waals surface area (Å²) in [5, 5.41) is 0. The lowest BCUT2D eigenvalue weighted by atomic mass is 10.3. The zero-order valence-corrected chi connectivity index (χ0v) is 7.30. The van der Waals surface area contributed by atoms with E-state index in [-0.39, 0.29) is 0 Å². The van der Waals surface area contributed by atoms with Crippen molar-refractivity contribution in [1.82, 2.24) is 0 Å². The van der Waals surface area contributed by atoms with Gasteiger partial charge in [-0.2, -0.15) is 0 Å². The fraction of sp³-hybridized carbons (Fsp3) is 0. The molecule has 0 aliphatic rings. The van der Waals surface area contributed by atoms with Crippen LogP contribution in [0.5, 0.6) is 0 Å². The van der Waals surface area contributed by atoms with Gasteiger partial charge < -0.3 is 5.73 Å². The molecule has 1 rings (SSSR count). The van der Waals surface area contributed by atoms with E-state index in [1.54, 1.807) is 12.3 Å². The number of nitrogens with zero attached hydrogens (tertiary/aromatic N) is 1. The van der Waals surface area contributed by atoms with E-state index in [0.29, 0.717) is 0 Å². The predicted octanol–water partition coefficient (Wildman–Crippen LogP) is 2.42. The van der Waals surface area contributed by atoms with E-state index in [4.69, 9.17) is 5.73 Å². The second-order valence-corrected chi connectivity index (χ2v) is 2.38. The molecule has 0 aromatic heterocycles. The van der Waals surface area contributed by atoms with Crippen LogP contribution >= 0.6 is 0 Å². The molecule has 0 unspecified atom stereocenters. The topological polar surface area (TPSA) is 38.4 Å². The van der Waals surface area contributed by atoms with E-state index in [1.807, 2.05) is 42.5 Å². The van der Waals surface area contributed by atoms with Crippen molar-refractivity contribution in [2.24, 2.45) is 10.7 Å². The number of allylic oxidation sites excluding steroid dienone is 3. The van der Waals surface area contributed by atoms with Gasteiger partial charge in [-0.15, -0.1) is 0 Å². The Morgan fingerprint density at radius 1 is 1.00 bits per heavy atom. The Bertz CT molecular complexity index is 310. The quantitative estimate of drug-likeness (QED) is 0.552. The summed E-state index contributed by atoms with van der Waals surface area (Å²) in [4.78, 5) is 4.19. The largest absolute Gasteiger partial charge is 0.405 e. The highest BCUT2D eigenvalue weighted by Crippen LogP contribution is 2.07. The van der Waals surface area contributed by atoms with Crippen molar-refractivity contribution in [3.05, 3.63) is 54.8 Å². The highest BCUT2D eigenvalue weighted by atomic mass is 14.7. The summed E-state index contributed by atoms with van der Waals surface area (Å²) in [6.45, 7) is 0. The summed E-state index contributed by atoms with van der Waals surface area (Å²) in [5.74, 6) is 0. The fourth-order valence-electron chi connectivity index (χ4n) is 0.821. The van der Waals surface area contributed by atoms with Gasteiger partial charge in [-0.05, 0) is 30.5 Å². The molecule has 1 aromatic carbocycles. The highest BCUT2D eigenvalue weighted by Gasteiger charge is 1.79. The monoisotopic (exact) mass is 172 g/mol. The van der Waals surface area contributed by atoms with Gasteiger partial charge in [-0.1, -0.05) is 24.3 Å². The van der Waals surface area contributed by atoms with Crippen LogP contribution in [0.15, 0.2) is 59.8 Å².